The summed E-state index contributed by atoms with van der Waals surface area (Å²) < 4.78 is 5.05. The number of carbonyl (C=O) groups is 1. The van der Waals surface area contributed by atoms with E-state index in [4.69, 9.17) is 4.74 Å². The third kappa shape index (κ3) is 5.05. The van der Waals surface area contributed by atoms with Crippen molar-refractivity contribution in [3.8, 4) is 0 Å². The lowest BCUT2D eigenvalue weighted by Crippen LogP contribution is -2.08. The van der Waals surface area contributed by atoms with Crippen LogP contribution < -0.4 is 5.32 Å². The van der Waals surface area contributed by atoms with Gasteiger partial charge in [0.15, 0.2) is 0 Å². The molecule has 6 nitrogen and oxygen atoms in total. The molecule has 23 heavy (non-hydrogen) atoms. The minimum atomic E-state index is -0.465. The molecular formula is C17H16N2O4. The van der Waals surface area contributed by atoms with E-state index >= 15 is 0 Å². The topological polar surface area (TPSA) is 81.5 Å². The van der Waals surface area contributed by atoms with E-state index in [0.29, 0.717) is 17.9 Å². The number of nitro groups is 1. The van der Waals surface area contributed by atoms with Crippen molar-refractivity contribution in [3.63, 3.8) is 0 Å². The van der Waals surface area contributed by atoms with Crippen LogP contribution in [0.5, 0.6) is 0 Å². The third-order valence-electron chi connectivity index (χ3n) is 3.04. The van der Waals surface area contributed by atoms with E-state index in [2.05, 4.69) is 5.32 Å². The van der Waals surface area contributed by atoms with Gasteiger partial charge in [0.1, 0.15) is 0 Å². The third-order valence-corrected chi connectivity index (χ3v) is 3.04. The minimum Gasteiger partial charge on any atom is -0.380 e. The standard InChI is InChI=1S/C17H16N2O4/c1-23-12-14-3-2-4-15(11-14)18-17(20)10-7-13-5-8-16(9-6-13)19(21)22/h2-11H,12H2,1H3,(H,18,20)/b10-7+. The van der Waals surface area contributed by atoms with Gasteiger partial charge in [-0.15, -0.1) is 0 Å². The summed E-state index contributed by atoms with van der Waals surface area (Å²) in [6, 6.07) is 13.3. The summed E-state index contributed by atoms with van der Waals surface area (Å²) in [5.41, 5.74) is 2.36. The molecule has 1 amide bonds. The van der Waals surface area contributed by atoms with Crippen LogP contribution in [-0.2, 0) is 16.1 Å². The Morgan fingerprint density at radius 1 is 1.26 bits per heavy atom. The van der Waals surface area contributed by atoms with E-state index in [9.17, 15) is 14.9 Å². The monoisotopic (exact) mass is 312 g/mol. The van der Waals surface area contributed by atoms with E-state index in [-0.39, 0.29) is 11.6 Å². The maximum absolute atomic E-state index is 11.9. The van der Waals surface area contributed by atoms with E-state index < -0.39 is 4.92 Å². The van der Waals surface area contributed by atoms with Gasteiger partial charge in [0.2, 0.25) is 5.91 Å². The average molecular weight is 312 g/mol. The highest BCUT2D eigenvalue weighted by Gasteiger charge is 2.03. The van der Waals surface area contributed by atoms with Crippen molar-refractivity contribution in [2.45, 2.75) is 6.61 Å². The Balaban J connectivity index is 1.98. The van der Waals surface area contributed by atoms with E-state index in [1.54, 1.807) is 31.4 Å². The number of nitrogens with one attached hydrogen (secondary N) is 1. The van der Waals surface area contributed by atoms with Crippen molar-refractivity contribution in [1.29, 1.82) is 0 Å². The number of anilines is 1. The molecule has 0 radical (unpaired) electrons. The molecule has 0 bridgehead atoms. The fourth-order valence-electron chi connectivity index (χ4n) is 1.97. The number of hydrogen-bond donors (Lipinski definition) is 1. The molecule has 0 aliphatic carbocycles. The van der Waals surface area contributed by atoms with Gasteiger partial charge < -0.3 is 10.1 Å². The summed E-state index contributed by atoms with van der Waals surface area (Å²) in [4.78, 5) is 22.0. The van der Waals surface area contributed by atoms with Crippen LogP contribution in [-0.4, -0.2) is 17.9 Å². The molecule has 6 heteroatoms. The maximum Gasteiger partial charge on any atom is 0.269 e. The van der Waals surface area contributed by atoms with Crippen LogP contribution >= 0.6 is 0 Å². The number of nitrogens with zero attached hydrogens (tertiary/aromatic N) is 1. The highest BCUT2D eigenvalue weighted by Crippen LogP contribution is 2.14. The molecule has 2 rings (SSSR count). The van der Waals surface area contributed by atoms with Crippen molar-refractivity contribution in [3.05, 3.63) is 75.8 Å². The smallest absolute Gasteiger partial charge is 0.269 e. The van der Waals surface area contributed by atoms with Gasteiger partial charge in [0.25, 0.3) is 5.69 Å². The fourth-order valence-corrected chi connectivity index (χ4v) is 1.97. The van der Waals surface area contributed by atoms with E-state index in [0.717, 1.165) is 5.56 Å². The Kier molecular flexibility index (Phi) is 5.60. The molecule has 0 atom stereocenters. The highest BCUT2D eigenvalue weighted by molar-refractivity contribution is 6.01. The molecule has 0 aliphatic rings. The van der Waals surface area contributed by atoms with E-state index in [1.807, 2.05) is 18.2 Å². The molecule has 0 saturated carbocycles. The van der Waals surface area contributed by atoms with Crippen LogP contribution in [0, 0.1) is 10.1 Å². The van der Waals surface area contributed by atoms with Gasteiger partial charge in [0, 0.05) is 31.0 Å². The molecule has 2 aromatic rings. The Morgan fingerprint density at radius 3 is 2.65 bits per heavy atom. The Hall–Kier alpha value is -2.99. The second kappa shape index (κ2) is 7.86. The number of amides is 1. The van der Waals surface area contributed by atoms with Crippen molar-refractivity contribution >= 4 is 23.4 Å². The molecule has 0 heterocycles. The number of rotatable bonds is 6. The summed E-state index contributed by atoms with van der Waals surface area (Å²) in [6.45, 7) is 0.475. The zero-order valence-electron chi connectivity index (χ0n) is 12.6. The van der Waals surface area contributed by atoms with Gasteiger partial charge in [-0.3, -0.25) is 14.9 Å². The average Bonchev–Trinajstić information content (AvgIpc) is 2.54. The van der Waals surface area contributed by atoms with Crippen molar-refractivity contribution < 1.29 is 14.5 Å². The van der Waals surface area contributed by atoms with E-state index in [1.165, 1.54) is 18.2 Å². The fraction of sp³-hybridized carbons (Fsp3) is 0.118. The molecule has 0 fully saturated rings. The van der Waals surface area contributed by atoms with Gasteiger partial charge in [-0.25, -0.2) is 0 Å². The second-order valence-electron chi connectivity index (χ2n) is 4.80. The van der Waals surface area contributed by atoms with Crippen LogP contribution in [0.15, 0.2) is 54.6 Å². The number of carbonyl (C=O) groups excluding carboxylic acids is 1. The number of ether oxygens (including phenoxy) is 1. The molecule has 118 valence electrons. The summed E-state index contributed by atoms with van der Waals surface area (Å²) in [7, 11) is 1.61. The number of benzene rings is 2. The largest absolute Gasteiger partial charge is 0.380 e. The van der Waals surface area contributed by atoms with Crippen molar-refractivity contribution in [2.75, 3.05) is 12.4 Å². The molecule has 0 saturated heterocycles. The lowest BCUT2D eigenvalue weighted by atomic mass is 10.2. The zero-order valence-corrected chi connectivity index (χ0v) is 12.6. The quantitative estimate of drug-likeness (QED) is 0.503. The second-order valence-corrected chi connectivity index (χ2v) is 4.80. The summed E-state index contributed by atoms with van der Waals surface area (Å²) in [5, 5.41) is 13.3. The number of methoxy groups -OCH3 is 1. The molecule has 0 unspecified atom stereocenters. The lowest BCUT2D eigenvalue weighted by Gasteiger charge is -2.05. The summed E-state index contributed by atoms with van der Waals surface area (Å²) in [6.07, 6.45) is 2.97. The first-order valence-electron chi connectivity index (χ1n) is 6.90. The first-order chi connectivity index (χ1) is 11.1. The highest BCUT2D eigenvalue weighted by atomic mass is 16.6. The Bertz CT molecular complexity index is 724. The minimum absolute atomic E-state index is 0.0153. The first kappa shape index (κ1) is 16.4. The number of nitro benzene ring substituents is 1. The summed E-state index contributed by atoms with van der Waals surface area (Å²) >= 11 is 0. The van der Waals surface area contributed by atoms with Crippen LogP contribution in [0.4, 0.5) is 11.4 Å². The van der Waals surface area contributed by atoms with Crippen LogP contribution in [0.2, 0.25) is 0 Å². The van der Waals surface area contributed by atoms with Gasteiger partial charge >= 0.3 is 0 Å². The number of hydrogen-bond acceptors (Lipinski definition) is 4. The normalized spacial score (nSPS) is 10.7. The van der Waals surface area contributed by atoms with Gasteiger partial charge in [0.05, 0.1) is 11.5 Å². The van der Waals surface area contributed by atoms with Gasteiger partial charge in [-0.05, 0) is 41.5 Å². The van der Waals surface area contributed by atoms with Crippen LogP contribution in [0.1, 0.15) is 11.1 Å². The van der Waals surface area contributed by atoms with Crippen molar-refractivity contribution in [2.24, 2.45) is 0 Å². The predicted octanol–water partition coefficient (Wildman–Crippen LogP) is 3.39. The van der Waals surface area contributed by atoms with Gasteiger partial charge in [-0.1, -0.05) is 12.1 Å². The molecular weight excluding hydrogens is 296 g/mol. The molecule has 0 aliphatic heterocycles. The molecule has 2 aromatic carbocycles. The van der Waals surface area contributed by atoms with Crippen LogP contribution in [0.25, 0.3) is 6.08 Å². The van der Waals surface area contributed by atoms with Crippen molar-refractivity contribution in [1.82, 2.24) is 0 Å². The Labute approximate surface area is 133 Å². The van der Waals surface area contributed by atoms with Crippen LogP contribution in [0.3, 0.4) is 0 Å². The molecule has 1 N–H and O–H groups in total. The first-order valence-corrected chi connectivity index (χ1v) is 6.90. The predicted molar refractivity (Wildman–Crippen MR) is 87.9 cm³/mol. The SMILES string of the molecule is COCc1cccc(NC(=O)/C=C/c2ccc([N+](=O)[O-])cc2)c1. The Morgan fingerprint density at radius 2 is 2.00 bits per heavy atom. The van der Waals surface area contributed by atoms with Gasteiger partial charge in [-0.2, -0.15) is 0 Å². The lowest BCUT2D eigenvalue weighted by molar-refractivity contribution is -0.384. The summed E-state index contributed by atoms with van der Waals surface area (Å²) in [5.74, 6) is -0.280. The molecule has 0 spiro atoms. The maximum atomic E-state index is 11.9. The zero-order chi connectivity index (χ0) is 16.7. The molecule has 0 aromatic heterocycles. The number of non-ortho nitro benzene ring substituents is 1.